The number of hydrogen-bond donors (Lipinski definition) is 1. The van der Waals surface area contributed by atoms with E-state index in [9.17, 15) is 22.4 Å². The molecule has 0 bridgehead atoms. The van der Waals surface area contributed by atoms with E-state index in [-0.39, 0.29) is 18.6 Å². The number of halogens is 4. The van der Waals surface area contributed by atoms with Crippen LogP contribution in [0.1, 0.15) is 33.1 Å². The van der Waals surface area contributed by atoms with Crippen LogP contribution in [0.5, 0.6) is 5.75 Å². The van der Waals surface area contributed by atoms with E-state index in [1.54, 1.807) is 6.92 Å². The SMILES string of the molecule is Cc1ccc2sc(CCC(=O)O)nc2c1OCc1sc(-c2ccc(C(F)(F)F)c(F)c2)nc1C. The molecule has 0 amide bonds. The van der Waals surface area contributed by atoms with Crippen molar-refractivity contribution in [2.75, 3.05) is 0 Å². The van der Waals surface area contributed by atoms with Crippen molar-refractivity contribution in [3.8, 4) is 16.3 Å². The van der Waals surface area contributed by atoms with Crippen LogP contribution in [0.2, 0.25) is 0 Å². The number of aromatic nitrogens is 2. The zero-order valence-electron chi connectivity index (χ0n) is 18.0. The molecule has 0 aliphatic rings. The van der Waals surface area contributed by atoms with Gasteiger partial charge in [0.1, 0.15) is 28.7 Å². The molecule has 0 atom stereocenters. The minimum absolute atomic E-state index is 0.0115. The summed E-state index contributed by atoms with van der Waals surface area (Å²) < 4.78 is 59.5. The molecule has 4 aromatic rings. The number of carboxylic acid groups (broad SMARTS) is 1. The third kappa shape index (κ3) is 5.05. The van der Waals surface area contributed by atoms with Crippen LogP contribution in [0.25, 0.3) is 20.8 Å². The van der Waals surface area contributed by atoms with Crippen LogP contribution >= 0.6 is 22.7 Å². The van der Waals surface area contributed by atoms with Gasteiger partial charge in [-0.25, -0.2) is 14.4 Å². The molecule has 0 spiro atoms. The molecular weight excluding hydrogens is 492 g/mol. The van der Waals surface area contributed by atoms with Crippen LogP contribution < -0.4 is 4.74 Å². The number of aliphatic carboxylic acids is 1. The average Bonchev–Trinajstić information content (AvgIpc) is 3.34. The molecule has 0 aliphatic heterocycles. The van der Waals surface area contributed by atoms with Crippen molar-refractivity contribution in [2.24, 2.45) is 0 Å². The van der Waals surface area contributed by atoms with Crippen LogP contribution in [-0.2, 0) is 24.0 Å². The van der Waals surface area contributed by atoms with Crippen molar-refractivity contribution in [1.82, 2.24) is 9.97 Å². The number of thiazole rings is 2. The number of fused-ring (bicyclic) bond motifs is 1. The molecule has 0 radical (unpaired) electrons. The monoisotopic (exact) mass is 510 g/mol. The lowest BCUT2D eigenvalue weighted by Gasteiger charge is -2.09. The van der Waals surface area contributed by atoms with E-state index in [1.165, 1.54) is 28.7 Å². The Labute approximate surface area is 199 Å². The van der Waals surface area contributed by atoms with E-state index >= 15 is 0 Å². The summed E-state index contributed by atoms with van der Waals surface area (Å²) in [5, 5.41) is 10.0. The summed E-state index contributed by atoms with van der Waals surface area (Å²) in [6, 6.07) is 6.56. The second-order valence-electron chi connectivity index (χ2n) is 7.57. The predicted molar refractivity (Wildman–Crippen MR) is 122 cm³/mol. The first kappa shape index (κ1) is 24.1. The second kappa shape index (κ2) is 9.30. The molecule has 1 N–H and O–H groups in total. The molecule has 4 rings (SSSR count). The molecule has 178 valence electrons. The lowest BCUT2D eigenvalue weighted by molar-refractivity contribution is -0.140. The highest BCUT2D eigenvalue weighted by molar-refractivity contribution is 7.18. The number of nitrogens with zero attached hydrogens (tertiary/aromatic N) is 2. The number of carbonyl (C=O) groups is 1. The second-order valence-corrected chi connectivity index (χ2v) is 9.77. The van der Waals surface area contributed by atoms with Gasteiger partial charge in [0, 0.05) is 12.0 Å². The van der Waals surface area contributed by atoms with E-state index in [4.69, 9.17) is 9.84 Å². The molecule has 0 aliphatic carbocycles. The maximum atomic E-state index is 14.0. The lowest BCUT2D eigenvalue weighted by Crippen LogP contribution is -2.07. The number of hydrogen-bond acceptors (Lipinski definition) is 6. The van der Waals surface area contributed by atoms with Gasteiger partial charge in [0.2, 0.25) is 0 Å². The summed E-state index contributed by atoms with van der Waals surface area (Å²) >= 11 is 2.63. The predicted octanol–water partition coefficient (Wildman–Crippen LogP) is 6.79. The zero-order valence-corrected chi connectivity index (χ0v) is 19.6. The molecule has 34 heavy (non-hydrogen) atoms. The Hall–Kier alpha value is -3.05. The Kier molecular flexibility index (Phi) is 6.59. The first-order valence-corrected chi connectivity index (χ1v) is 11.7. The fourth-order valence-corrected chi connectivity index (χ4v) is 5.26. The van der Waals surface area contributed by atoms with Gasteiger partial charge in [0.15, 0.2) is 0 Å². The van der Waals surface area contributed by atoms with Gasteiger partial charge in [-0.05, 0) is 37.6 Å². The van der Waals surface area contributed by atoms with Crippen LogP contribution in [0.3, 0.4) is 0 Å². The number of aryl methyl sites for hydroxylation is 3. The number of alkyl halides is 3. The molecule has 0 saturated carbocycles. The fraction of sp³-hybridized carbons (Fsp3) is 0.261. The van der Waals surface area contributed by atoms with Crippen molar-refractivity contribution in [2.45, 2.75) is 39.5 Å². The van der Waals surface area contributed by atoms with Gasteiger partial charge in [-0.1, -0.05) is 12.1 Å². The van der Waals surface area contributed by atoms with E-state index in [0.717, 1.165) is 21.2 Å². The Morgan fingerprint density at radius 1 is 1.12 bits per heavy atom. The molecule has 5 nitrogen and oxygen atoms in total. The van der Waals surface area contributed by atoms with Crippen molar-refractivity contribution in [1.29, 1.82) is 0 Å². The van der Waals surface area contributed by atoms with Crippen molar-refractivity contribution in [3.05, 3.63) is 62.9 Å². The smallest absolute Gasteiger partial charge is 0.419 e. The summed E-state index contributed by atoms with van der Waals surface area (Å²) in [4.78, 5) is 20.5. The highest BCUT2D eigenvalue weighted by atomic mass is 32.1. The van der Waals surface area contributed by atoms with Crippen LogP contribution in [0.15, 0.2) is 30.3 Å². The first-order chi connectivity index (χ1) is 16.0. The number of rotatable bonds is 7. The largest absolute Gasteiger partial charge is 0.485 e. The Morgan fingerprint density at radius 3 is 2.56 bits per heavy atom. The molecule has 0 fully saturated rings. The van der Waals surface area contributed by atoms with Crippen LogP contribution in [-0.4, -0.2) is 21.0 Å². The summed E-state index contributed by atoms with van der Waals surface area (Å²) in [5.74, 6) is -1.67. The maximum Gasteiger partial charge on any atom is 0.419 e. The highest BCUT2D eigenvalue weighted by Gasteiger charge is 2.34. The van der Waals surface area contributed by atoms with Crippen molar-refractivity contribution in [3.63, 3.8) is 0 Å². The highest BCUT2D eigenvalue weighted by Crippen LogP contribution is 2.37. The zero-order chi connectivity index (χ0) is 24.6. The van der Waals surface area contributed by atoms with Gasteiger partial charge < -0.3 is 9.84 Å². The Bertz CT molecular complexity index is 1380. The topological polar surface area (TPSA) is 72.3 Å². The molecule has 2 aromatic heterocycles. The lowest BCUT2D eigenvalue weighted by atomic mass is 10.1. The van der Waals surface area contributed by atoms with Gasteiger partial charge in [-0.2, -0.15) is 13.2 Å². The quantitative estimate of drug-likeness (QED) is 0.277. The molecule has 2 aromatic carbocycles. The minimum atomic E-state index is -4.76. The normalized spacial score (nSPS) is 11.8. The first-order valence-electron chi connectivity index (χ1n) is 10.1. The van der Waals surface area contributed by atoms with Crippen LogP contribution in [0, 0.1) is 19.7 Å². The third-order valence-corrected chi connectivity index (χ3v) is 7.33. The molecule has 2 heterocycles. The Balaban J connectivity index is 1.56. The number of carboxylic acids is 1. The average molecular weight is 511 g/mol. The van der Waals surface area contributed by atoms with Crippen LogP contribution in [0.4, 0.5) is 17.6 Å². The molecule has 0 saturated heterocycles. The fourth-order valence-electron chi connectivity index (χ4n) is 3.32. The Morgan fingerprint density at radius 2 is 1.88 bits per heavy atom. The van der Waals surface area contributed by atoms with Gasteiger partial charge in [-0.15, -0.1) is 22.7 Å². The van der Waals surface area contributed by atoms with E-state index in [2.05, 4.69) is 9.97 Å². The standard InChI is InChI=1S/C23H18F4N2O3S2/c1-11-3-6-16-20(29-18(33-16)7-8-19(30)31)21(11)32-10-17-12(2)28-22(34-17)13-4-5-14(15(24)9-13)23(25,26)27/h3-6,9H,7-8,10H2,1-2H3,(H,30,31). The molecule has 11 heteroatoms. The molecular formula is C23H18F4N2O3S2. The summed E-state index contributed by atoms with van der Waals surface area (Å²) in [7, 11) is 0. The molecule has 0 unspecified atom stereocenters. The van der Waals surface area contributed by atoms with Gasteiger partial charge in [0.25, 0.3) is 0 Å². The summed E-state index contributed by atoms with van der Waals surface area (Å²) in [6.45, 7) is 3.77. The number of benzene rings is 2. The van der Waals surface area contributed by atoms with Gasteiger partial charge in [0.05, 0.1) is 32.3 Å². The van der Waals surface area contributed by atoms with Crippen molar-refractivity contribution < 1.29 is 32.2 Å². The van der Waals surface area contributed by atoms with E-state index in [1.807, 2.05) is 19.1 Å². The van der Waals surface area contributed by atoms with Gasteiger partial charge in [-0.3, -0.25) is 4.79 Å². The minimum Gasteiger partial charge on any atom is -0.485 e. The van der Waals surface area contributed by atoms with E-state index in [0.29, 0.717) is 39.5 Å². The summed E-state index contributed by atoms with van der Waals surface area (Å²) in [5.41, 5.74) is 1.08. The van der Waals surface area contributed by atoms with Gasteiger partial charge >= 0.3 is 12.1 Å². The van der Waals surface area contributed by atoms with E-state index < -0.39 is 23.5 Å². The summed E-state index contributed by atoms with van der Waals surface area (Å²) in [6.07, 6.45) is -4.45. The third-order valence-electron chi connectivity index (χ3n) is 5.07. The van der Waals surface area contributed by atoms with Crippen molar-refractivity contribution >= 4 is 38.9 Å². The number of ether oxygens (including phenoxy) is 1. The maximum absolute atomic E-state index is 14.0.